The first kappa shape index (κ1) is 21.6. The highest BCUT2D eigenvalue weighted by atomic mass is 16.3. The molecule has 3 aromatic rings. The second-order valence-electron chi connectivity index (χ2n) is 9.35. The molecule has 5 rings (SSSR count). The summed E-state index contributed by atoms with van der Waals surface area (Å²) in [5.74, 6) is -0.644. The van der Waals surface area contributed by atoms with E-state index in [4.69, 9.17) is 5.73 Å². The summed E-state index contributed by atoms with van der Waals surface area (Å²) in [6.45, 7) is 0.692. The number of piperidine rings is 1. The number of carbonyl (C=O) groups is 2. The van der Waals surface area contributed by atoms with Gasteiger partial charge in [-0.05, 0) is 55.7 Å². The van der Waals surface area contributed by atoms with E-state index in [1.165, 1.54) is 10.9 Å². The minimum absolute atomic E-state index is 0.116. The van der Waals surface area contributed by atoms with Gasteiger partial charge in [0.05, 0.1) is 11.7 Å². The number of nitrogens with zero attached hydrogens (tertiary/aromatic N) is 3. The first-order chi connectivity index (χ1) is 16.0. The third kappa shape index (κ3) is 4.13. The molecule has 1 saturated carbocycles. The van der Waals surface area contributed by atoms with Gasteiger partial charge in [0, 0.05) is 60.7 Å². The average Bonchev–Trinajstić information content (AvgIpc) is 3.33. The van der Waals surface area contributed by atoms with Crippen LogP contribution in [0.1, 0.15) is 43.6 Å². The SMILES string of the molecule is NC(=O)C1CCN(C(=O)NC2CCC(c3cc[nH]c4cnc5nccc5c34)CC2)CC1CO. The molecular weight excluding hydrogens is 420 g/mol. The zero-order valence-electron chi connectivity index (χ0n) is 18.5. The van der Waals surface area contributed by atoms with Crippen molar-refractivity contribution in [2.45, 2.75) is 44.1 Å². The summed E-state index contributed by atoms with van der Waals surface area (Å²) in [4.78, 5) is 38.2. The van der Waals surface area contributed by atoms with Crippen LogP contribution in [0.25, 0.3) is 21.9 Å². The summed E-state index contributed by atoms with van der Waals surface area (Å²) in [5.41, 5.74) is 8.54. The van der Waals surface area contributed by atoms with Crippen molar-refractivity contribution in [2.75, 3.05) is 19.7 Å². The van der Waals surface area contributed by atoms with Gasteiger partial charge in [-0.25, -0.2) is 14.8 Å². The van der Waals surface area contributed by atoms with E-state index in [2.05, 4.69) is 26.3 Å². The monoisotopic (exact) mass is 450 g/mol. The third-order valence-corrected chi connectivity index (χ3v) is 7.44. The third-order valence-electron chi connectivity index (χ3n) is 7.44. The van der Waals surface area contributed by atoms with Crippen LogP contribution in [0.15, 0.2) is 30.7 Å². The van der Waals surface area contributed by atoms with Crippen LogP contribution in [0.2, 0.25) is 0 Å². The van der Waals surface area contributed by atoms with Gasteiger partial charge < -0.3 is 26.0 Å². The topological polar surface area (TPSA) is 137 Å². The summed E-state index contributed by atoms with van der Waals surface area (Å²) in [6, 6.07) is 4.19. The first-order valence-electron chi connectivity index (χ1n) is 11.7. The number of aliphatic hydroxyl groups excluding tert-OH is 1. The van der Waals surface area contributed by atoms with E-state index in [1.807, 2.05) is 18.5 Å². The van der Waals surface area contributed by atoms with Crippen molar-refractivity contribution in [2.24, 2.45) is 17.6 Å². The fourth-order valence-corrected chi connectivity index (χ4v) is 5.62. The Kier molecular flexibility index (Phi) is 5.88. The Hall–Kier alpha value is -3.20. The van der Waals surface area contributed by atoms with Gasteiger partial charge in [0.25, 0.3) is 0 Å². The van der Waals surface area contributed by atoms with Crippen LogP contribution in [0.5, 0.6) is 0 Å². The molecule has 0 aromatic carbocycles. The van der Waals surface area contributed by atoms with Crippen LogP contribution in [-0.2, 0) is 4.79 Å². The molecule has 33 heavy (non-hydrogen) atoms. The standard InChI is InChI=1S/C24H30N6O3/c25-22(32)18-7-10-30(12-15(18)13-31)24(33)29-16-3-1-14(2-4-16)17-5-8-26-20-11-28-23-19(21(17)20)6-9-27-23/h5-6,8-9,11,14-16,18,26,31H,1-4,7,10,12-13H2,(H2,25,32)(H,29,33). The number of fused-ring (bicyclic) bond motifs is 3. The molecule has 2 fully saturated rings. The van der Waals surface area contributed by atoms with Gasteiger partial charge in [-0.1, -0.05) is 0 Å². The molecule has 3 amide bonds. The molecule has 5 N–H and O–H groups in total. The number of nitrogens with two attached hydrogens (primary N) is 1. The Morgan fingerprint density at radius 1 is 1.18 bits per heavy atom. The maximum absolute atomic E-state index is 12.8. The zero-order chi connectivity index (χ0) is 22.9. The number of H-pyrrole nitrogens is 1. The molecule has 1 aliphatic heterocycles. The Balaban J connectivity index is 1.23. The Bertz CT molecular complexity index is 1170. The molecular formula is C24H30N6O3. The lowest BCUT2D eigenvalue weighted by atomic mass is 9.80. The molecule has 0 spiro atoms. The number of aromatic nitrogens is 3. The van der Waals surface area contributed by atoms with Crippen molar-refractivity contribution in [3.8, 4) is 0 Å². The predicted molar refractivity (Wildman–Crippen MR) is 124 cm³/mol. The van der Waals surface area contributed by atoms with Crippen molar-refractivity contribution >= 4 is 33.9 Å². The van der Waals surface area contributed by atoms with Crippen LogP contribution in [0.4, 0.5) is 4.79 Å². The van der Waals surface area contributed by atoms with Gasteiger partial charge in [-0.15, -0.1) is 0 Å². The van der Waals surface area contributed by atoms with Crippen molar-refractivity contribution in [3.63, 3.8) is 0 Å². The number of amides is 3. The lowest BCUT2D eigenvalue weighted by Gasteiger charge is -2.38. The first-order valence-corrected chi connectivity index (χ1v) is 11.7. The second kappa shape index (κ2) is 8.97. The second-order valence-corrected chi connectivity index (χ2v) is 9.35. The van der Waals surface area contributed by atoms with E-state index in [9.17, 15) is 14.7 Å². The predicted octanol–water partition coefficient (Wildman–Crippen LogP) is 2.26. The number of urea groups is 1. The quantitative estimate of drug-likeness (QED) is 0.483. The van der Waals surface area contributed by atoms with E-state index in [0.717, 1.165) is 42.2 Å². The number of nitrogens with one attached hydrogen (secondary N) is 2. The minimum atomic E-state index is -0.399. The molecule has 174 valence electrons. The Morgan fingerprint density at radius 2 is 2.00 bits per heavy atom. The van der Waals surface area contributed by atoms with E-state index in [1.54, 1.807) is 11.1 Å². The molecule has 0 bridgehead atoms. The maximum atomic E-state index is 12.8. The molecule has 1 aliphatic carbocycles. The molecule has 9 heteroatoms. The highest BCUT2D eigenvalue weighted by Crippen LogP contribution is 2.38. The molecule has 2 aliphatic rings. The molecule has 0 radical (unpaired) electrons. The number of hydrogen-bond acceptors (Lipinski definition) is 5. The van der Waals surface area contributed by atoms with Crippen LogP contribution < -0.4 is 11.1 Å². The van der Waals surface area contributed by atoms with Crippen LogP contribution in [0, 0.1) is 11.8 Å². The molecule has 4 heterocycles. The fourth-order valence-electron chi connectivity index (χ4n) is 5.62. The normalized spacial score (nSPS) is 25.9. The lowest BCUT2D eigenvalue weighted by Crippen LogP contribution is -2.53. The number of rotatable bonds is 4. The lowest BCUT2D eigenvalue weighted by molar-refractivity contribution is -0.125. The van der Waals surface area contributed by atoms with E-state index in [-0.39, 0.29) is 30.5 Å². The summed E-state index contributed by atoms with van der Waals surface area (Å²) in [5, 5.41) is 15.1. The summed E-state index contributed by atoms with van der Waals surface area (Å²) >= 11 is 0. The number of pyridine rings is 2. The highest BCUT2D eigenvalue weighted by molar-refractivity contribution is 6.05. The van der Waals surface area contributed by atoms with Crippen LogP contribution in [0.3, 0.4) is 0 Å². The fraction of sp³-hybridized carbons (Fsp3) is 0.500. The van der Waals surface area contributed by atoms with Gasteiger partial charge >= 0.3 is 6.03 Å². The van der Waals surface area contributed by atoms with Gasteiger partial charge in [0.1, 0.15) is 0 Å². The van der Waals surface area contributed by atoms with Crippen molar-refractivity contribution < 1.29 is 14.7 Å². The van der Waals surface area contributed by atoms with Gasteiger partial charge in [-0.2, -0.15) is 0 Å². The smallest absolute Gasteiger partial charge is 0.317 e. The van der Waals surface area contributed by atoms with E-state index in [0.29, 0.717) is 25.4 Å². The number of aliphatic hydroxyl groups is 1. The largest absolute Gasteiger partial charge is 0.396 e. The zero-order valence-corrected chi connectivity index (χ0v) is 18.5. The van der Waals surface area contributed by atoms with Crippen molar-refractivity contribution in [1.82, 2.24) is 25.2 Å². The molecule has 1 saturated heterocycles. The van der Waals surface area contributed by atoms with Gasteiger partial charge in [0.15, 0.2) is 5.65 Å². The molecule has 9 nitrogen and oxygen atoms in total. The van der Waals surface area contributed by atoms with Gasteiger partial charge in [0.2, 0.25) is 5.91 Å². The number of aromatic amines is 1. The number of hydrogen-bond donors (Lipinski definition) is 4. The van der Waals surface area contributed by atoms with E-state index >= 15 is 0 Å². The number of primary amides is 1. The number of carbonyl (C=O) groups excluding carboxylic acids is 2. The van der Waals surface area contributed by atoms with E-state index < -0.39 is 5.91 Å². The Labute approximate surface area is 191 Å². The number of likely N-dealkylation sites (tertiary alicyclic amines) is 1. The molecule has 2 atom stereocenters. The molecule has 2 unspecified atom stereocenters. The summed E-state index contributed by atoms with van der Waals surface area (Å²) < 4.78 is 0. The summed E-state index contributed by atoms with van der Waals surface area (Å²) in [6.07, 6.45) is 9.92. The average molecular weight is 451 g/mol. The maximum Gasteiger partial charge on any atom is 0.317 e. The minimum Gasteiger partial charge on any atom is -0.396 e. The molecule has 3 aromatic heterocycles. The van der Waals surface area contributed by atoms with Crippen molar-refractivity contribution in [1.29, 1.82) is 0 Å². The van der Waals surface area contributed by atoms with Gasteiger partial charge in [-0.3, -0.25) is 4.79 Å². The summed E-state index contributed by atoms with van der Waals surface area (Å²) in [7, 11) is 0. The Morgan fingerprint density at radius 3 is 2.76 bits per heavy atom. The van der Waals surface area contributed by atoms with Crippen LogP contribution >= 0.6 is 0 Å². The van der Waals surface area contributed by atoms with Crippen LogP contribution in [-0.4, -0.2) is 62.6 Å². The highest BCUT2D eigenvalue weighted by Gasteiger charge is 2.35. The van der Waals surface area contributed by atoms with Crippen molar-refractivity contribution in [3.05, 3.63) is 36.3 Å².